The summed E-state index contributed by atoms with van der Waals surface area (Å²) in [4.78, 5) is 5.02. The van der Waals surface area contributed by atoms with Crippen LogP contribution in [0.1, 0.15) is 57.7 Å². The van der Waals surface area contributed by atoms with Gasteiger partial charge < -0.3 is 22.7 Å². The topological polar surface area (TPSA) is 42.1 Å². The number of hydrogen-bond acceptors (Lipinski definition) is 4. The third-order valence-corrected chi connectivity index (χ3v) is 18.7. The number of likely N-dealkylation sites (N-methyl/N-ethyl adjacent to an activating group) is 1. The van der Waals surface area contributed by atoms with Crippen LogP contribution in [-0.4, -0.2) is 27.0 Å². The molecule has 0 N–H and O–H groups in total. The summed E-state index contributed by atoms with van der Waals surface area (Å²) in [6.45, 7) is 4.36. The predicted octanol–water partition coefficient (Wildman–Crippen LogP) is 19.8. The summed E-state index contributed by atoms with van der Waals surface area (Å²) >= 11 is 0. The van der Waals surface area contributed by atoms with Crippen LogP contribution < -0.4 is 4.90 Å². The standard InChI is InChI=1S/C75H52N4O2/c1-43-19-7-9-23-46(43)50-27-15-29-52-54-31-17-35-64(74(54)80-72(50)52)76(3)62-39-37-48-58-41-67-59(42-66(58)78-60-33-13-11-25-56(60)68(62)70(48)78)49-38-40-63(69-57-26-12-14-34-61(57)79(67)71(49)69)77(45-21-5-4-6-22-45)65-36-18-32-55-53-30-16-28-51(73(53)81-75(55)65)47-24-10-8-20-44(47)2/h4-34,36-42,62,64,68H,35H2,1-3H3. The summed E-state index contributed by atoms with van der Waals surface area (Å²) in [6, 6.07) is 75.8. The first-order valence-corrected chi connectivity index (χ1v) is 28.4. The van der Waals surface area contributed by atoms with Gasteiger partial charge in [0.05, 0.1) is 39.5 Å². The van der Waals surface area contributed by atoms with Gasteiger partial charge in [0.1, 0.15) is 16.9 Å². The summed E-state index contributed by atoms with van der Waals surface area (Å²) in [5, 5.41) is 9.55. The van der Waals surface area contributed by atoms with E-state index in [0.29, 0.717) is 0 Å². The first kappa shape index (κ1) is 45.0. The highest BCUT2D eigenvalue weighted by Crippen LogP contribution is 2.55. The van der Waals surface area contributed by atoms with Gasteiger partial charge >= 0.3 is 0 Å². The van der Waals surface area contributed by atoms with E-state index >= 15 is 0 Å². The summed E-state index contributed by atoms with van der Waals surface area (Å²) < 4.78 is 19.5. The van der Waals surface area contributed by atoms with Crippen molar-refractivity contribution in [3.05, 3.63) is 258 Å². The van der Waals surface area contributed by atoms with Crippen molar-refractivity contribution in [3.63, 3.8) is 0 Å². The normalized spacial score (nSPS) is 16.4. The van der Waals surface area contributed by atoms with Gasteiger partial charge in [-0.05, 0) is 104 Å². The number of rotatable bonds is 7. The molecular formula is C75H52N4O2. The Labute approximate surface area is 467 Å². The van der Waals surface area contributed by atoms with Crippen LogP contribution in [0.4, 0.5) is 17.1 Å². The molecule has 3 atom stereocenters. The van der Waals surface area contributed by atoms with Crippen LogP contribution in [0, 0.1) is 13.8 Å². The molecule has 384 valence electrons. The molecule has 1 aliphatic heterocycles. The lowest BCUT2D eigenvalue weighted by molar-refractivity contribution is 0.170. The van der Waals surface area contributed by atoms with Crippen LogP contribution in [0.25, 0.3) is 122 Å². The highest BCUT2D eigenvalue weighted by Gasteiger charge is 2.44. The van der Waals surface area contributed by atoms with Crippen LogP contribution >= 0.6 is 0 Å². The molecule has 0 spiro atoms. The fourth-order valence-corrected chi connectivity index (χ4v) is 15.1. The SMILES string of the molecule is Cc1ccccc1-c1cccc2c3c(oc12)C(N(C)C1C=Cc2c4n(c5cc6c7ccc(N(c8ccccc8)c8cccc9c8oc8c(-c%10ccccc%10C)cccc89)c8c9ccccc9n(c6cc25)c78)-c2ccccc2C41)CC=C3. The Morgan fingerprint density at radius 2 is 1.14 bits per heavy atom. The maximum atomic E-state index is 7.20. The Kier molecular flexibility index (Phi) is 9.22. The zero-order valence-electron chi connectivity index (χ0n) is 45.0. The van der Waals surface area contributed by atoms with Gasteiger partial charge in [-0.2, -0.15) is 0 Å². The molecule has 5 aromatic heterocycles. The summed E-state index contributed by atoms with van der Waals surface area (Å²) in [5.74, 6) is 1.18. The quantitative estimate of drug-likeness (QED) is 0.160. The number of fused-ring (bicyclic) bond motifs is 18. The number of anilines is 3. The minimum absolute atomic E-state index is 0.0554. The second-order valence-electron chi connectivity index (χ2n) is 22.7. The van der Waals surface area contributed by atoms with Gasteiger partial charge in [-0.3, -0.25) is 4.90 Å². The molecule has 6 heterocycles. The molecule has 0 bridgehead atoms. The predicted molar refractivity (Wildman–Crippen MR) is 335 cm³/mol. The van der Waals surface area contributed by atoms with E-state index in [1.165, 1.54) is 105 Å². The minimum atomic E-state index is 0.0554. The van der Waals surface area contributed by atoms with Gasteiger partial charge in [0.25, 0.3) is 0 Å². The number of benzene rings is 10. The van der Waals surface area contributed by atoms with Gasteiger partial charge in [0, 0.05) is 94.4 Å². The molecule has 18 rings (SSSR count). The molecule has 0 saturated heterocycles. The molecule has 3 unspecified atom stereocenters. The summed E-state index contributed by atoms with van der Waals surface area (Å²) in [7, 11) is 2.32. The van der Waals surface area contributed by atoms with Gasteiger partial charge in [-0.1, -0.05) is 182 Å². The first-order valence-electron chi connectivity index (χ1n) is 28.4. The van der Waals surface area contributed by atoms with Crippen LogP contribution in [0.15, 0.2) is 227 Å². The summed E-state index contributed by atoms with van der Waals surface area (Å²) in [5.41, 5.74) is 24.3. The number of nitrogens with zero attached hydrogens (tertiary/aromatic N) is 4. The van der Waals surface area contributed by atoms with Crippen molar-refractivity contribution in [1.29, 1.82) is 0 Å². The third-order valence-electron chi connectivity index (χ3n) is 18.7. The van der Waals surface area contributed by atoms with Crippen molar-refractivity contribution in [3.8, 4) is 27.9 Å². The number of para-hydroxylation sites is 6. The van der Waals surface area contributed by atoms with Crippen LogP contribution in [0.3, 0.4) is 0 Å². The molecule has 3 aliphatic rings. The highest BCUT2D eigenvalue weighted by atomic mass is 16.3. The molecule has 0 saturated carbocycles. The largest absolute Gasteiger partial charge is 0.458 e. The third kappa shape index (κ3) is 6.04. The smallest absolute Gasteiger partial charge is 0.159 e. The first-order chi connectivity index (χ1) is 40.0. The minimum Gasteiger partial charge on any atom is -0.458 e. The Hall–Kier alpha value is -9.88. The second kappa shape index (κ2) is 16.6. The Balaban J connectivity index is 0.814. The van der Waals surface area contributed by atoms with Crippen LogP contribution in [0.5, 0.6) is 0 Å². The van der Waals surface area contributed by atoms with Gasteiger partial charge in [0.2, 0.25) is 0 Å². The maximum absolute atomic E-state index is 7.20. The van der Waals surface area contributed by atoms with E-state index in [-0.39, 0.29) is 18.0 Å². The molecule has 10 aromatic carbocycles. The molecule has 0 amide bonds. The average molecular weight is 1040 g/mol. The van der Waals surface area contributed by atoms with E-state index in [9.17, 15) is 0 Å². The van der Waals surface area contributed by atoms with E-state index in [4.69, 9.17) is 8.83 Å². The lowest BCUT2D eigenvalue weighted by atomic mass is 9.82. The van der Waals surface area contributed by atoms with Crippen molar-refractivity contribution in [2.75, 3.05) is 11.9 Å². The zero-order chi connectivity index (χ0) is 53.4. The molecular weight excluding hydrogens is 989 g/mol. The number of aromatic nitrogens is 2. The van der Waals surface area contributed by atoms with Crippen molar-refractivity contribution in [1.82, 2.24) is 13.9 Å². The van der Waals surface area contributed by atoms with E-state index in [1.54, 1.807) is 0 Å². The molecule has 6 heteroatoms. The van der Waals surface area contributed by atoms with Crippen LogP contribution in [-0.2, 0) is 0 Å². The van der Waals surface area contributed by atoms with Gasteiger partial charge in [-0.25, -0.2) is 0 Å². The molecule has 2 aliphatic carbocycles. The number of aryl methyl sites for hydroxylation is 2. The van der Waals surface area contributed by atoms with Crippen molar-refractivity contribution < 1.29 is 8.83 Å². The lowest BCUT2D eigenvalue weighted by Crippen LogP contribution is -2.39. The molecule has 81 heavy (non-hydrogen) atoms. The Bertz CT molecular complexity index is 5240. The van der Waals surface area contributed by atoms with Gasteiger partial charge in [0.15, 0.2) is 5.58 Å². The number of hydrogen-bond donors (Lipinski definition) is 0. The molecule has 15 aromatic rings. The Morgan fingerprint density at radius 1 is 0.481 bits per heavy atom. The second-order valence-corrected chi connectivity index (χ2v) is 22.7. The van der Waals surface area contributed by atoms with E-state index in [2.05, 4.69) is 270 Å². The number of furan rings is 2. The molecule has 6 nitrogen and oxygen atoms in total. The van der Waals surface area contributed by atoms with Crippen molar-refractivity contribution >= 4 is 111 Å². The monoisotopic (exact) mass is 1040 g/mol. The highest BCUT2D eigenvalue weighted by molar-refractivity contribution is 6.29. The lowest BCUT2D eigenvalue weighted by Gasteiger charge is -2.38. The van der Waals surface area contributed by atoms with Crippen molar-refractivity contribution in [2.45, 2.75) is 38.3 Å². The van der Waals surface area contributed by atoms with Crippen molar-refractivity contribution in [2.24, 2.45) is 0 Å². The van der Waals surface area contributed by atoms with Crippen LogP contribution in [0.2, 0.25) is 0 Å². The zero-order valence-corrected chi connectivity index (χ0v) is 45.0. The molecule has 0 fully saturated rings. The van der Waals surface area contributed by atoms with E-state index in [0.717, 1.165) is 67.9 Å². The fraction of sp³-hybridized carbons (Fsp3) is 0.0933. The molecule has 0 radical (unpaired) electrons. The average Bonchev–Trinajstić information content (AvgIpc) is 3.04. The van der Waals surface area contributed by atoms with E-state index in [1.807, 2.05) is 0 Å². The Morgan fingerprint density at radius 3 is 1.94 bits per heavy atom. The fourth-order valence-electron chi connectivity index (χ4n) is 15.1. The summed E-state index contributed by atoms with van der Waals surface area (Å²) in [6.07, 6.45) is 10.4. The van der Waals surface area contributed by atoms with E-state index < -0.39 is 0 Å². The maximum Gasteiger partial charge on any atom is 0.159 e. The van der Waals surface area contributed by atoms with Gasteiger partial charge in [-0.15, -0.1) is 0 Å².